The van der Waals surface area contributed by atoms with Crippen LogP contribution >= 0.6 is 11.6 Å². The number of aryl methyl sites for hydroxylation is 1. The Morgan fingerprint density at radius 1 is 1.43 bits per heavy atom. The molecule has 0 aliphatic rings. The maximum absolute atomic E-state index is 13.1. The monoisotopic (exact) mass is 309 g/mol. The third kappa shape index (κ3) is 4.04. The molecule has 112 valence electrons. The number of hydrogen-bond acceptors (Lipinski definition) is 3. The molecule has 1 aromatic carbocycles. The van der Waals surface area contributed by atoms with E-state index in [-0.39, 0.29) is 16.4 Å². The minimum absolute atomic E-state index is 0.137. The molecule has 1 N–H and O–H groups in total. The standard InChI is InChI=1S/C15H17ClFN3O/c1-2-8-20-15(21)14(16)13(10-19-20)18-7-6-11-4-3-5-12(17)9-11/h3-5,9-10,18H,2,6-8H2,1H3. The lowest BCUT2D eigenvalue weighted by molar-refractivity contribution is 0.568. The van der Waals surface area contributed by atoms with Gasteiger partial charge in [-0.15, -0.1) is 0 Å². The van der Waals surface area contributed by atoms with E-state index >= 15 is 0 Å². The second-order valence-electron chi connectivity index (χ2n) is 4.71. The number of anilines is 1. The van der Waals surface area contributed by atoms with Gasteiger partial charge in [0.05, 0.1) is 11.9 Å². The lowest BCUT2D eigenvalue weighted by Gasteiger charge is -2.10. The van der Waals surface area contributed by atoms with E-state index in [0.717, 1.165) is 12.0 Å². The minimum atomic E-state index is -0.297. The summed E-state index contributed by atoms with van der Waals surface area (Å²) in [6.45, 7) is 3.05. The van der Waals surface area contributed by atoms with Crippen LogP contribution < -0.4 is 10.9 Å². The molecule has 21 heavy (non-hydrogen) atoms. The first kappa shape index (κ1) is 15.5. The molecule has 0 aliphatic carbocycles. The Morgan fingerprint density at radius 2 is 2.24 bits per heavy atom. The first-order valence-corrected chi connectivity index (χ1v) is 7.23. The van der Waals surface area contributed by atoms with Gasteiger partial charge < -0.3 is 5.32 Å². The molecule has 0 radical (unpaired) electrons. The Bertz CT molecular complexity index is 672. The number of aromatic nitrogens is 2. The summed E-state index contributed by atoms with van der Waals surface area (Å²) in [6, 6.07) is 6.42. The van der Waals surface area contributed by atoms with Crippen LogP contribution in [0.5, 0.6) is 0 Å². The van der Waals surface area contributed by atoms with Crippen molar-refractivity contribution in [3.8, 4) is 0 Å². The number of nitrogens with one attached hydrogen (secondary N) is 1. The summed E-state index contributed by atoms with van der Waals surface area (Å²) >= 11 is 6.05. The first-order valence-electron chi connectivity index (χ1n) is 6.85. The van der Waals surface area contributed by atoms with Crippen molar-refractivity contribution >= 4 is 17.3 Å². The normalized spacial score (nSPS) is 10.6. The van der Waals surface area contributed by atoms with Gasteiger partial charge in [-0.05, 0) is 30.5 Å². The molecule has 1 heterocycles. The second kappa shape index (κ2) is 7.22. The van der Waals surface area contributed by atoms with Gasteiger partial charge in [0, 0.05) is 13.1 Å². The molecule has 6 heteroatoms. The highest BCUT2D eigenvalue weighted by atomic mass is 35.5. The molecular formula is C15H17ClFN3O. The molecule has 0 spiro atoms. The van der Waals surface area contributed by atoms with Gasteiger partial charge >= 0.3 is 0 Å². The van der Waals surface area contributed by atoms with Crippen molar-refractivity contribution in [1.82, 2.24) is 9.78 Å². The summed E-state index contributed by atoms with van der Waals surface area (Å²) in [6.07, 6.45) is 2.99. The first-order chi connectivity index (χ1) is 10.1. The topological polar surface area (TPSA) is 46.9 Å². The number of hydrogen-bond donors (Lipinski definition) is 1. The van der Waals surface area contributed by atoms with Crippen molar-refractivity contribution in [3.63, 3.8) is 0 Å². The van der Waals surface area contributed by atoms with Gasteiger partial charge in [-0.3, -0.25) is 4.79 Å². The average molecular weight is 310 g/mol. The van der Waals surface area contributed by atoms with Crippen molar-refractivity contribution in [1.29, 1.82) is 0 Å². The van der Waals surface area contributed by atoms with Crippen LogP contribution in [0.15, 0.2) is 35.3 Å². The second-order valence-corrected chi connectivity index (χ2v) is 5.09. The third-order valence-electron chi connectivity index (χ3n) is 3.04. The number of nitrogens with zero attached hydrogens (tertiary/aromatic N) is 2. The van der Waals surface area contributed by atoms with Crippen molar-refractivity contribution in [2.45, 2.75) is 26.3 Å². The van der Waals surface area contributed by atoms with Crippen molar-refractivity contribution in [2.75, 3.05) is 11.9 Å². The lowest BCUT2D eigenvalue weighted by atomic mass is 10.1. The zero-order valence-electron chi connectivity index (χ0n) is 11.8. The van der Waals surface area contributed by atoms with Gasteiger partial charge in [0.2, 0.25) is 0 Å². The molecule has 1 aromatic heterocycles. The molecule has 0 amide bonds. The molecule has 0 aliphatic heterocycles. The molecular weight excluding hydrogens is 293 g/mol. The highest BCUT2D eigenvalue weighted by Crippen LogP contribution is 2.15. The summed E-state index contributed by atoms with van der Waals surface area (Å²) in [5.74, 6) is -0.255. The Morgan fingerprint density at radius 3 is 2.95 bits per heavy atom. The predicted molar refractivity (Wildman–Crippen MR) is 82.4 cm³/mol. The van der Waals surface area contributed by atoms with Gasteiger partial charge in [-0.1, -0.05) is 30.7 Å². The Labute approximate surface area is 127 Å². The summed E-state index contributed by atoms with van der Waals surface area (Å²) in [7, 11) is 0. The van der Waals surface area contributed by atoms with Crippen molar-refractivity contribution in [3.05, 3.63) is 57.2 Å². The molecule has 4 nitrogen and oxygen atoms in total. The molecule has 0 bridgehead atoms. The van der Waals surface area contributed by atoms with Crippen LogP contribution in [0.2, 0.25) is 5.02 Å². The molecule has 0 unspecified atom stereocenters. The maximum atomic E-state index is 13.1. The third-order valence-corrected chi connectivity index (χ3v) is 3.40. The fourth-order valence-electron chi connectivity index (χ4n) is 1.99. The van der Waals surface area contributed by atoms with Crippen LogP contribution in [-0.4, -0.2) is 16.3 Å². The smallest absolute Gasteiger partial charge is 0.287 e. The summed E-state index contributed by atoms with van der Waals surface area (Å²) in [5, 5.41) is 7.26. The van der Waals surface area contributed by atoms with Gasteiger partial charge in [0.15, 0.2) is 0 Å². The highest BCUT2D eigenvalue weighted by molar-refractivity contribution is 6.32. The van der Waals surface area contributed by atoms with E-state index < -0.39 is 0 Å². The van der Waals surface area contributed by atoms with Crippen LogP contribution in [0.4, 0.5) is 10.1 Å². The van der Waals surface area contributed by atoms with Gasteiger partial charge in [0.25, 0.3) is 5.56 Å². The highest BCUT2D eigenvalue weighted by Gasteiger charge is 2.08. The van der Waals surface area contributed by atoms with E-state index in [4.69, 9.17) is 11.6 Å². The van der Waals surface area contributed by atoms with Gasteiger partial charge in [0.1, 0.15) is 10.8 Å². The lowest BCUT2D eigenvalue weighted by Crippen LogP contribution is -2.24. The number of halogens is 2. The molecule has 0 saturated carbocycles. The zero-order valence-corrected chi connectivity index (χ0v) is 12.5. The predicted octanol–water partition coefficient (Wildman–Crippen LogP) is 3.10. The summed E-state index contributed by atoms with van der Waals surface area (Å²) in [4.78, 5) is 11.9. The maximum Gasteiger partial charge on any atom is 0.287 e. The van der Waals surface area contributed by atoms with Crippen LogP contribution in [0.3, 0.4) is 0 Å². The van der Waals surface area contributed by atoms with E-state index in [1.54, 1.807) is 12.3 Å². The van der Waals surface area contributed by atoms with E-state index in [9.17, 15) is 9.18 Å². The molecule has 2 rings (SSSR count). The SMILES string of the molecule is CCCn1ncc(NCCc2cccc(F)c2)c(Cl)c1=O. The summed E-state index contributed by atoms with van der Waals surface area (Å²) < 4.78 is 14.4. The van der Waals surface area contributed by atoms with Crippen molar-refractivity contribution in [2.24, 2.45) is 0 Å². The van der Waals surface area contributed by atoms with E-state index in [2.05, 4.69) is 10.4 Å². The Hall–Kier alpha value is -1.88. The van der Waals surface area contributed by atoms with Crippen LogP contribution in [-0.2, 0) is 13.0 Å². The van der Waals surface area contributed by atoms with E-state index in [1.807, 2.05) is 13.0 Å². The van der Waals surface area contributed by atoms with Crippen molar-refractivity contribution < 1.29 is 4.39 Å². The quantitative estimate of drug-likeness (QED) is 0.892. The average Bonchev–Trinajstić information content (AvgIpc) is 2.47. The Balaban J connectivity index is 2.00. The van der Waals surface area contributed by atoms with E-state index in [1.165, 1.54) is 16.8 Å². The van der Waals surface area contributed by atoms with Crippen LogP contribution in [0.1, 0.15) is 18.9 Å². The minimum Gasteiger partial charge on any atom is -0.382 e. The number of rotatable bonds is 6. The Kier molecular flexibility index (Phi) is 5.33. The molecule has 0 atom stereocenters. The molecule has 0 saturated heterocycles. The zero-order chi connectivity index (χ0) is 15.2. The van der Waals surface area contributed by atoms with Crippen LogP contribution in [0, 0.1) is 5.82 Å². The number of benzene rings is 1. The fourth-order valence-corrected chi connectivity index (χ4v) is 2.21. The van der Waals surface area contributed by atoms with Gasteiger partial charge in [-0.25, -0.2) is 9.07 Å². The molecule has 2 aromatic rings. The van der Waals surface area contributed by atoms with E-state index in [0.29, 0.717) is 25.2 Å². The van der Waals surface area contributed by atoms with Gasteiger partial charge in [-0.2, -0.15) is 5.10 Å². The van der Waals surface area contributed by atoms with Crippen LogP contribution in [0.25, 0.3) is 0 Å². The molecule has 0 fully saturated rings. The summed E-state index contributed by atoms with van der Waals surface area (Å²) in [5.41, 5.74) is 1.09. The fraction of sp³-hybridized carbons (Fsp3) is 0.333. The largest absolute Gasteiger partial charge is 0.382 e.